The number of nitrogens with zero attached hydrogens (tertiary/aromatic N) is 1. The first kappa shape index (κ1) is 27.3. The van der Waals surface area contributed by atoms with E-state index in [9.17, 15) is 19.2 Å². The second kappa shape index (κ2) is 10.3. The lowest BCUT2D eigenvalue weighted by molar-refractivity contribution is -0.131. The van der Waals surface area contributed by atoms with E-state index < -0.39 is 29.4 Å². The van der Waals surface area contributed by atoms with Crippen LogP contribution in [0.2, 0.25) is 0 Å². The van der Waals surface area contributed by atoms with Crippen LogP contribution in [0.25, 0.3) is 6.08 Å². The van der Waals surface area contributed by atoms with E-state index in [-0.39, 0.29) is 17.5 Å². The molecule has 44 heavy (non-hydrogen) atoms. The average molecular weight is 585 g/mol. The Balaban J connectivity index is 1.47. The number of ketones is 2. The van der Waals surface area contributed by atoms with Crippen molar-refractivity contribution in [3.8, 4) is 11.5 Å². The molecule has 8 nitrogen and oxygen atoms in total. The highest BCUT2D eigenvalue weighted by Crippen LogP contribution is 2.58. The summed E-state index contributed by atoms with van der Waals surface area (Å²) in [6.45, 7) is 1.30. The van der Waals surface area contributed by atoms with Gasteiger partial charge in [0.2, 0.25) is 5.91 Å². The van der Waals surface area contributed by atoms with Gasteiger partial charge in [-0.1, -0.05) is 48.6 Å². The molecule has 1 fully saturated rings. The van der Waals surface area contributed by atoms with Crippen LogP contribution in [0.4, 0.5) is 11.4 Å². The van der Waals surface area contributed by atoms with E-state index in [1.165, 1.54) is 6.92 Å². The lowest BCUT2D eigenvalue weighted by Crippen LogP contribution is -2.51. The Kier molecular flexibility index (Phi) is 6.43. The van der Waals surface area contributed by atoms with Crippen molar-refractivity contribution in [2.75, 3.05) is 17.3 Å². The van der Waals surface area contributed by atoms with Gasteiger partial charge in [0.25, 0.3) is 0 Å². The lowest BCUT2D eigenvalue weighted by Gasteiger charge is -2.37. The van der Waals surface area contributed by atoms with Crippen LogP contribution in [0.3, 0.4) is 0 Å². The summed E-state index contributed by atoms with van der Waals surface area (Å²) in [5, 5.41) is 3.04. The molecule has 3 aliphatic rings. The van der Waals surface area contributed by atoms with Crippen LogP contribution >= 0.6 is 0 Å². The number of hydrogen-bond acceptors (Lipinski definition) is 7. The quantitative estimate of drug-likeness (QED) is 0.182. The van der Waals surface area contributed by atoms with Crippen LogP contribution in [0.15, 0.2) is 103 Å². The van der Waals surface area contributed by atoms with E-state index in [1.807, 2.05) is 65.6 Å². The number of anilines is 2. The summed E-state index contributed by atoms with van der Waals surface area (Å²) < 4.78 is 10.5. The number of carbonyl (C=O) groups is 4. The number of nitrogens with one attached hydrogen (secondary N) is 1. The van der Waals surface area contributed by atoms with Gasteiger partial charge in [-0.05, 0) is 71.8 Å². The van der Waals surface area contributed by atoms with Gasteiger partial charge in [-0.15, -0.1) is 0 Å². The van der Waals surface area contributed by atoms with Crippen LogP contribution in [0.1, 0.15) is 38.8 Å². The minimum atomic E-state index is -1.41. The van der Waals surface area contributed by atoms with Crippen molar-refractivity contribution in [3.63, 3.8) is 0 Å². The molecule has 4 aromatic carbocycles. The van der Waals surface area contributed by atoms with Crippen molar-refractivity contribution in [2.24, 2.45) is 5.92 Å². The maximum atomic E-state index is 14.9. The van der Waals surface area contributed by atoms with Crippen LogP contribution < -0.4 is 19.7 Å². The summed E-state index contributed by atoms with van der Waals surface area (Å²) in [5.74, 6) is -1.66. The Morgan fingerprint density at radius 2 is 1.43 bits per heavy atom. The standard InChI is InChI=1S/C36H28N2O6/c1-21(39)44-26-18-13-24(14-19-26)34(41)32-31(33(40)23-11-16-25(43-2)17-12-23)36(27-8-4-5-9-28(27)37-35(36)42)30-20-15-22-7-3-6-10-29(22)38(30)32/h3-20,30-32H,1-2H3,(H,37,42)/t30-,31+,32-,36+/m1/s1. The fourth-order valence-electron chi connectivity index (χ4n) is 7.08. The number of para-hydroxylation sites is 2. The van der Waals surface area contributed by atoms with Crippen molar-refractivity contribution in [2.45, 2.75) is 24.4 Å². The third-order valence-corrected chi connectivity index (χ3v) is 8.87. The number of amides is 1. The predicted octanol–water partition coefficient (Wildman–Crippen LogP) is 5.48. The minimum absolute atomic E-state index is 0.302. The van der Waals surface area contributed by atoms with Gasteiger partial charge < -0.3 is 19.7 Å². The van der Waals surface area contributed by atoms with E-state index in [0.29, 0.717) is 33.9 Å². The van der Waals surface area contributed by atoms with Crippen molar-refractivity contribution >= 4 is 40.9 Å². The molecule has 0 bridgehead atoms. The number of ether oxygens (including phenoxy) is 2. The monoisotopic (exact) mass is 584 g/mol. The fraction of sp³-hybridized carbons (Fsp3) is 0.167. The Bertz CT molecular complexity index is 1860. The summed E-state index contributed by atoms with van der Waals surface area (Å²) in [6, 6.07) is 26.4. The first-order valence-corrected chi connectivity index (χ1v) is 14.3. The SMILES string of the molecule is COc1ccc(C(=O)[C@@H]2[C@H](C(=O)c3ccc(OC(C)=O)cc3)N3c4ccccc4C=C[C@@H]3[C@]23C(=O)Nc2ccccc23)cc1. The molecule has 0 radical (unpaired) electrons. The maximum Gasteiger partial charge on any atom is 0.308 e. The Hall–Kier alpha value is -5.50. The molecule has 1 amide bonds. The van der Waals surface area contributed by atoms with Crippen molar-refractivity contribution in [1.29, 1.82) is 0 Å². The molecule has 4 aromatic rings. The number of methoxy groups -OCH3 is 1. The van der Waals surface area contributed by atoms with E-state index in [2.05, 4.69) is 5.32 Å². The van der Waals surface area contributed by atoms with Crippen LogP contribution in [0.5, 0.6) is 11.5 Å². The molecule has 0 aromatic heterocycles. The average Bonchev–Trinajstić information content (AvgIpc) is 3.52. The van der Waals surface area contributed by atoms with Gasteiger partial charge in [0.05, 0.1) is 19.1 Å². The second-order valence-corrected chi connectivity index (χ2v) is 11.1. The fourth-order valence-corrected chi connectivity index (χ4v) is 7.08. The van der Waals surface area contributed by atoms with Gasteiger partial charge in [0.1, 0.15) is 23.0 Å². The topological polar surface area (TPSA) is 102 Å². The van der Waals surface area contributed by atoms with Gasteiger partial charge >= 0.3 is 5.97 Å². The first-order chi connectivity index (χ1) is 21.3. The van der Waals surface area contributed by atoms with Gasteiger partial charge in [0.15, 0.2) is 11.6 Å². The lowest BCUT2D eigenvalue weighted by atomic mass is 9.64. The highest BCUT2D eigenvalue weighted by Gasteiger charge is 2.70. The molecule has 1 N–H and O–H groups in total. The molecular weight excluding hydrogens is 556 g/mol. The third-order valence-electron chi connectivity index (χ3n) is 8.87. The number of hydrogen-bond donors (Lipinski definition) is 1. The first-order valence-electron chi connectivity index (χ1n) is 14.3. The number of rotatable bonds is 6. The molecule has 8 heteroatoms. The van der Waals surface area contributed by atoms with E-state index in [4.69, 9.17) is 9.47 Å². The van der Waals surface area contributed by atoms with Gasteiger partial charge in [-0.25, -0.2) is 0 Å². The number of carbonyl (C=O) groups excluding carboxylic acids is 4. The van der Waals surface area contributed by atoms with E-state index in [1.54, 1.807) is 55.6 Å². The zero-order chi connectivity index (χ0) is 30.6. The highest BCUT2D eigenvalue weighted by atomic mass is 16.5. The molecule has 0 unspecified atom stereocenters. The minimum Gasteiger partial charge on any atom is -0.497 e. The summed E-state index contributed by atoms with van der Waals surface area (Å²) in [5.41, 5.74) is 2.23. The number of benzene rings is 4. The molecule has 0 saturated carbocycles. The zero-order valence-corrected chi connectivity index (χ0v) is 24.0. The Labute approximate surface area is 253 Å². The maximum absolute atomic E-state index is 14.9. The summed E-state index contributed by atoms with van der Waals surface area (Å²) >= 11 is 0. The van der Waals surface area contributed by atoms with Crippen LogP contribution in [-0.2, 0) is 15.0 Å². The summed E-state index contributed by atoms with van der Waals surface area (Å²) in [7, 11) is 1.55. The number of esters is 1. The highest BCUT2D eigenvalue weighted by molar-refractivity contribution is 6.18. The number of fused-ring (bicyclic) bond motifs is 6. The van der Waals surface area contributed by atoms with Crippen LogP contribution in [0, 0.1) is 5.92 Å². The van der Waals surface area contributed by atoms with Gasteiger partial charge in [-0.3, -0.25) is 19.2 Å². The molecule has 0 aliphatic carbocycles. The smallest absolute Gasteiger partial charge is 0.308 e. The second-order valence-electron chi connectivity index (χ2n) is 11.1. The molecular formula is C36H28N2O6. The third kappa shape index (κ3) is 3.98. The zero-order valence-electron chi connectivity index (χ0n) is 24.0. The molecule has 1 saturated heterocycles. The molecule has 3 aliphatic heterocycles. The summed E-state index contributed by atoms with van der Waals surface area (Å²) in [4.78, 5) is 57.5. The number of Topliss-reactive ketones (excluding diaryl/α,β-unsaturated/α-hetero) is 2. The van der Waals surface area contributed by atoms with Crippen LogP contribution in [-0.4, -0.2) is 42.6 Å². The van der Waals surface area contributed by atoms with Crippen molar-refractivity contribution in [1.82, 2.24) is 0 Å². The molecule has 3 heterocycles. The van der Waals surface area contributed by atoms with Crippen molar-refractivity contribution in [3.05, 3.63) is 125 Å². The van der Waals surface area contributed by atoms with E-state index >= 15 is 0 Å². The largest absolute Gasteiger partial charge is 0.497 e. The van der Waals surface area contributed by atoms with Gasteiger partial charge in [0, 0.05) is 29.4 Å². The van der Waals surface area contributed by atoms with Crippen molar-refractivity contribution < 1.29 is 28.7 Å². The Morgan fingerprint density at radius 1 is 0.795 bits per heavy atom. The summed E-state index contributed by atoms with van der Waals surface area (Å²) in [6.07, 6.45) is 3.90. The molecule has 218 valence electrons. The predicted molar refractivity (Wildman–Crippen MR) is 165 cm³/mol. The molecule has 1 spiro atoms. The normalized spacial score (nSPS) is 22.5. The Morgan fingerprint density at radius 3 is 2.14 bits per heavy atom. The van der Waals surface area contributed by atoms with E-state index in [0.717, 1.165) is 11.3 Å². The molecule has 7 rings (SSSR count). The molecule has 4 atom stereocenters. The van der Waals surface area contributed by atoms with Gasteiger partial charge in [-0.2, -0.15) is 0 Å².